The van der Waals surface area contributed by atoms with E-state index in [1.807, 2.05) is 31.2 Å². The molecule has 10 heteroatoms. The van der Waals surface area contributed by atoms with E-state index in [-0.39, 0.29) is 43.4 Å². The first-order valence-corrected chi connectivity index (χ1v) is 11.7. The van der Waals surface area contributed by atoms with Crippen LogP contribution in [0.2, 0.25) is 0 Å². The molecule has 0 bridgehead atoms. The van der Waals surface area contributed by atoms with Gasteiger partial charge in [0.15, 0.2) is 0 Å². The number of sulfonamides is 1. The Morgan fingerprint density at radius 2 is 1.75 bits per heavy atom. The minimum Gasteiger partial charge on any atom is -0.340 e. The summed E-state index contributed by atoms with van der Waals surface area (Å²) in [6.45, 7) is 2.70. The van der Waals surface area contributed by atoms with Crippen molar-refractivity contribution in [1.29, 1.82) is 0 Å². The Hall–Kier alpha value is -3.11. The third kappa shape index (κ3) is 4.71. The predicted octanol–water partition coefficient (Wildman–Crippen LogP) is 2.65. The molecule has 0 radical (unpaired) electrons. The fraction of sp³-hybridized carbons (Fsp3) is 0.318. The topological polar surface area (TPSA) is 96.6 Å². The van der Waals surface area contributed by atoms with Gasteiger partial charge in [-0.1, -0.05) is 47.1 Å². The van der Waals surface area contributed by atoms with Crippen LogP contribution in [0.1, 0.15) is 17.9 Å². The normalized spacial score (nSPS) is 15.1. The number of hydrogen-bond donors (Lipinski definition) is 0. The number of amides is 1. The third-order valence-corrected chi connectivity index (χ3v) is 7.31. The zero-order chi connectivity index (χ0) is 22.7. The average molecular weight is 459 g/mol. The quantitative estimate of drug-likeness (QED) is 0.563. The average Bonchev–Trinajstić information content (AvgIpc) is 3.27. The van der Waals surface area contributed by atoms with E-state index in [4.69, 9.17) is 4.52 Å². The van der Waals surface area contributed by atoms with Crippen LogP contribution < -0.4 is 0 Å². The van der Waals surface area contributed by atoms with Crippen molar-refractivity contribution in [3.63, 3.8) is 0 Å². The van der Waals surface area contributed by atoms with Gasteiger partial charge in [-0.25, -0.2) is 12.8 Å². The molecule has 1 amide bonds. The Morgan fingerprint density at radius 1 is 1.06 bits per heavy atom. The Kier molecular flexibility index (Phi) is 6.33. The van der Waals surface area contributed by atoms with Crippen molar-refractivity contribution in [3.8, 4) is 11.4 Å². The summed E-state index contributed by atoms with van der Waals surface area (Å²) in [6, 6.07) is 13.0. The number of aromatic nitrogens is 2. The Balaban J connectivity index is 1.31. The number of carbonyl (C=O) groups is 1. The molecule has 1 saturated heterocycles. The highest BCUT2D eigenvalue weighted by molar-refractivity contribution is 7.89. The lowest BCUT2D eigenvalue weighted by Gasteiger charge is -2.34. The number of aryl methyl sites for hydroxylation is 2. The predicted molar refractivity (Wildman–Crippen MR) is 115 cm³/mol. The molecule has 1 fully saturated rings. The smallest absolute Gasteiger partial charge is 0.246 e. The van der Waals surface area contributed by atoms with E-state index >= 15 is 0 Å². The number of benzene rings is 2. The summed E-state index contributed by atoms with van der Waals surface area (Å²) in [4.78, 5) is 18.2. The molecule has 0 spiro atoms. The van der Waals surface area contributed by atoms with Crippen molar-refractivity contribution < 1.29 is 22.1 Å². The molecule has 2 heterocycles. The first-order valence-electron chi connectivity index (χ1n) is 10.3. The summed E-state index contributed by atoms with van der Waals surface area (Å²) in [5.74, 6) is -0.0623. The summed E-state index contributed by atoms with van der Waals surface area (Å²) in [6.07, 6.45) is 0.473. The highest BCUT2D eigenvalue weighted by Crippen LogP contribution is 2.21. The molecule has 0 unspecified atom stereocenters. The van der Waals surface area contributed by atoms with Crippen LogP contribution in [-0.2, 0) is 21.2 Å². The molecule has 1 aromatic heterocycles. The summed E-state index contributed by atoms with van der Waals surface area (Å²) >= 11 is 0. The first-order chi connectivity index (χ1) is 15.3. The second-order valence-electron chi connectivity index (χ2n) is 7.59. The molecular weight excluding hydrogens is 435 g/mol. The summed E-state index contributed by atoms with van der Waals surface area (Å²) in [5.41, 5.74) is 1.97. The maximum absolute atomic E-state index is 13.9. The maximum atomic E-state index is 13.9. The highest BCUT2D eigenvalue weighted by atomic mass is 32.2. The van der Waals surface area contributed by atoms with Gasteiger partial charge in [-0.2, -0.15) is 9.29 Å². The van der Waals surface area contributed by atoms with Crippen molar-refractivity contribution in [3.05, 3.63) is 65.8 Å². The van der Waals surface area contributed by atoms with Crippen LogP contribution in [0.4, 0.5) is 4.39 Å². The van der Waals surface area contributed by atoms with Crippen molar-refractivity contribution in [2.75, 3.05) is 26.2 Å². The van der Waals surface area contributed by atoms with Crippen LogP contribution in [0.25, 0.3) is 11.4 Å². The molecule has 1 aliphatic heterocycles. The lowest BCUT2D eigenvalue weighted by molar-refractivity contribution is -0.132. The standard InChI is InChI=1S/C22H23FN4O4S/c1-16-6-8-17(9-7-16)22-24-20(31-25-22)10-11-21(28)26-12-14-27(15-13-26)32(29,30)19-5-3-2-4-18(19)23/h2-9H,10-15H2,1H3. The zero-order valence-electron chi connectivity index (χ0n) is 17.6. The number of rotatable bonds is 6. The number of halogens is 1. The number of piperazine rings is 1. The van der Waals surface area contributed by atoms with Gasteiger partial charge in [0.25, 0.3) is 0 Å². The van der Waals surface area contributed by atoms with Crippen LogP contribution in [-0.4, -0.2) is 59.8 Å². The second kappa shape index (κ2) is 9.17. The summed E-state index contributed by atoms with van der Waals surface area (Å²) < 4.78 is 45.8. The fourth-order valence-corrected chi connectivity index (χ4v) is 5.01. The van der Waals surface area contributed by atoms with Crippen LogP contribution in [0, 0.1) is 12.7 Å². The lowest BCUT2D eigenvalue weighted by Crippen LogP contribution is -2.50. The maximum Gasteiger partial charge on any atom is 0.246 e. The largest absolute Gasteiger partial charge is 0.340 e. The van der Waals surface area contributed by atoms with E-state index in [1.54, 1.807) is 4.90 Å². The van der Waals surface area contributed by atoms with Gasteiger partial charge in [-0.05, 0) is 19.1 Å². The zero-order valence-corrected chi connectivity index (χ0v) is 18.4. The molecule has 3 aromatic rings. The van der Waals surface area contributed by atoms with E-state index < -0.39 is 15.8 Å². The fourth-order valence-electron chi connectivity index (χ4n) is 3.52. The monoisotopic (exact) mass is 458 g/mol. The van der Waals surface area contributed by atoms with Crippen molar-refractivity contribution in [2.45, 2.75) is 24.7 Å². The molecule has 8 nitrogen and oxygen atoms in total. The van der Waals surface area contributed by atoms with Gasteiger partial charge in [0.1, 0.15) is 10.7 Å². The summed E-state index contributed by atoms with van der Waals surface area (Å²) in [5, 5.41) is 3.96. The van der Waals surface area contributed by atoms with Crippen LogP contribution in [0.15, 0.2) is 57.9 Å². The van der Waals surface area contributed by atoms with Crippen molar-refractivity contribution in [1.82, 2.24) is 19.3 Å². The molecule has 4 rings (SSSR count). The molecule has 2 aromatic carbocycles. The molecule has 32 heavy (non-hydrogen) atoms. The van der Waals surface area contributed by atoms with Gasteiger partial charge >= 0.3 is 0 Å². The molecular formula is C22H23FN4O4S. The van der Waals surface area contributed by atoms with Crippen LogP contribution in [0.3, 0.4) is 0 Å². The lowest BCUT2D eigenvalue weighted by atomic mass is 10.1. The Morgan fingerprint density at radius 3 is 2.44 bits per heavy atom. The third-order valence-electron chi connectivity index (χ3n) is 5.38. The van der Waals surface area contributed by atoms with E-state index in [9.17, 15) is 17.6 Å². The minimum atomic E-state index is -3.94. The number of hydrogen-bond acceptors (Lipinski definition) is 6. The molecule has 0 saturated carbocycles. The second-order valence-corrected chi connectivity index (χ2v) is 9.50. The van der Waals surface area contributed by atoms with Gasteiger partial charge in [0.05, 0.1) is 0 Å². The van der Waals surface area contributed by atoms with E-state index in [2.05, 4.69) is 10.1 Å². The Bertz CT molecular complexity index is 1200. The minimum absolute atomic E-state index is 0.112. The van der Waals surface area contributed by atoms with Gasteiger partial charge in [0.2, 0.25) is 27.6 Å². The molecule has 0 atom stereocenters. The Labute approximate surface area is 185 Å². The number of nitrogens with zero attached hydrogens (tertiary/aromatic N) is 4. The van der Waals surface area contributed by atoms with Gasteiger partial charge in [0, 0.05) is 44.6 Å². The summed E-state index contributed by atoms with van der Waals surface area (Å²) in [7, 11) is -3.94. The van der Waals surface area contributed by atoms with Gasteiger partial charge in [-0.3, -0.25) is 4.79 Å². The van der Waals surface area contributed by atoms with Crippen molar-refractivity contribution in [2.24, 2.45) is 0 Å². The van der Waals surface area contributed by atoms with E-state index in [0.29, 0.717) is 18.1 Å². The van der Waals surface area contributed by atoms with Crippen LogP contribution >= 0.6 is 0 Å². The SMILES string of the molecule is Cc1ccc(-c2noc(CCC(=O)N3CCN(S(=O)(=O)c4ccccc4F)CC3)n2)cc1. The number of carbonyl (C=O) groups excluding carboxylic acids is 1. The van der Waals surface area contributed by atoms with Crippen LogP contribution in [0.5, 0.6) is 0 Å². The molecule has 0 N–H and O–H groups in total. The van der Waals surface area contributed by atoms with Gasteiger partial charge in [-0.15, -0.1) is 0 Å². The molecule has 1 aliphatic rings. The van der Waals surface area contributed by atoms with E-state index in [1.165, 1.54) is 22.5 Å². The van der Waals surface area contributed by atoms with Gasteiger partial charge < -0.3 is 9.42 Å². The van der Waals surface area contributed by atoms with Crippen molar-refractivity contribution >= 4 is 15.9 Å². The molecule has 0 aliphatic carbocycles. The highest BCUT2D eigenvalue weighted by Gasteiger charge is 2.31. The van der Waals surface area contributed by atoms with E-state index in [0.717, 1.165) is 17.2 Å². The molecule has 168 valence electrons. The first kappa shape index (κ1) is 22.1.